The van der Waals surface area contributed by atoms with Crippen LogP contribution in [0.15, 0.2) is 53.1 Å². The van der Waals surface area contributed by atoms with Gasteiger partial charge >= 0.3 is 0 Å². The van der Waals surface area contributed by atoms with Gasteiger partial charge in [0.05, 0.1) is 12.0 Å². The van der Waals surface area contributed by atoms with E-state index in [1.54, 1.807) is 17.0 Å². The number of benzene rings is 1. The van der Waals surface area contributed by atoms with Crippen molar-refractivity contribution < 1.29 is 14.0 Å². The molecule has 0 unspecified atom stereocenters. The number of amides is 2. The van der Waals surface area contributed by atoms with Crippen molar-refractivity contribution in [3.05, 3.63) is 71.4 Å². The second-order valence-electron chi connectivity index (χ2n) is 7.44. The van der Waals surface area contributed by atoms with E-state index in [0.717, 1.165) is 36.2 Å². The molecule has 0 radical (unpaired) electrons. The summed E-state index contributed by atoms with van der Waals surface area (Å²) in [6.07, 6.45) is 4.37. The van der Waals surface area contributed by atoms with Gasteiger partial charge in [-0.05, 0) is 43.5 Å². The molecule has 0 spiro atoms. The van der Waals surface area contributed by atoms with Crippen molar-refractivity contribution in [1.29, 1.82) is 0 Å². The molecule has 7 heteroatoms. The number of aromatic nitrogens is 2. The standard InChI is InChI=1S/C22H22N4O3/c27-21(19-10-5-15-29-19)24-11-13-25(14-12-24)22(28)20-17-8-4-9-18(17)26(23-20)16-6-2-1-3-7-16/h1-3,5-7,10,15H,4,8-9,11-14H2. The fourth-order valence-electron chi connectivity index (χ4n) is 4.21. The molecule has 1 saturated heterocycles. The maximum absolute atomic E-state index is 13.2. The summed E-state index contributed by atoms with van der Waals surface area (Å²) in [5, 5.41) is 4.70. The van der Waals surface area contributed by atoms with E-state index < -0.39 is 0 Å². The fourth-order valence-corrected chi connectivity index (χ4v) is 4.21. The largest absolute Gasteiger partial charge is 0.459 e. The smallest absolute Gasteiger partial charge is 0.289 e. The predicted octanol–water partition coefficient (Wildman–Crippen LogP) is 2.55. The lowest BCUT2D eigenvalue weighted by molar-refractivity contribution is 0.0514. The highest BCUT2D eigenvalue weighted by atomic mass is 16.3. The third-order valence-electron chi connectivity index (χ3n) is 5.72. The number of nitrogens with zero attached hydrogens (tertiary/aromatic N) is 4. The van der Waals surface area contributed by atoms with E-state index in [1.807, 2.05) is 39.9 Å². The Morgan fingerprint density at radius 3 is 2.28 bits per heavy atom. The summed E-state index contributed by atoms with van der Waals surface area (Å²) in [7, 11) is 0. The molecule has 148 valence electrons. The number of hydrogen-bond donors (Lipinski definition) is 0. The number of carbonyl (C=O) groups excluding carboxylic acids is 2. The quantitative estimate of drug-likeness (QED) is 0.689. The van der Waals surface area contributed by atoms with E-state index in [0.29, 0.717) is 37.6 Å². The van der Waals surface area contributed by atoms with E-state index in [2.05, 4.69) is 0 Å². The molecule has 1 aliphatic heterocycles. The van der Waals surface area contributed by atoms with E-state index in [9.17, 15) is 9.59 Å². The highest BCUT2D eigenvalue weighted by molar-refractivity contribution is 5.95. The van der Waals surface area contributed by atoms with Crippen LogP contribution in [0.4, 0.5) is 0 Å². The first-order valence-corrected chi connectivity index (χ1v) is 10.0. The van der Waals surface area contributed by atoms with Gasteiger partial charge in [0.1, 0.15) is 0 Å². The van der Waals surface area contributed by atoms with Crippen LogP contribution in [0.1, 0.15) is 38.7 Å². The zero-order chi connectivity index (χ0) is 19.8. The van der Waals surface area contributed by atoms with Gasteiger partial charge in [-0.25, -0.2) is 4.68 Å². The summed E-state index contributed by atoms with van der Waals surface area (Å²) in [5.41, 5.74) is 3.77. The van der Waals surface area contributed by atoms with Gasteiger partial charge in [0.2, 0.25) is 0 Å². The van der Waals surface area contributed by atoms with Crippen LogP contribution >= 0.6 is 0 Å². The van der Waals surface area contributed by atoms with Crippen LogP contribution in [0, 0.1) is 0 Å². The van der Waals surface area contributed by atoms with Crippen molar-refractivity contribution in [2.45, 2.75) is 19.3 Å². The Morgan fingerprint density at radius 2 is 1.59 bits per heavy atom. The first-order valence-electron chi connectivity index (χ1n) is 10.0. The lowest BCUT2D eigenvalue weighted by Crippen LogP contribution is -2.50. The molecule has 0 saturated carbocycles. The van der Waals surface area contributed by atoms with E-state index >= 15 is 0 Å². The first kappa shape index (κ1) is 17.7. The Bertz CT molecular complexity index is 1030. The number of carbonyl (C=O) groups is 2. The molecular formula is C22H22N4O3. The maximum Gasteiger partial charge on any atom is 0.289 e. The Morgan fingerprint density at radius 1 is 0.862 bits per heavy atom. The molecule has 0 N–H and O–H groups in total. The molecule has 3 aromatic rings. The summed E-state index contributed by atoms with van der Waals surface area (Å²) < 4.78 is 7.13. The average Bonchev–Trinajstić information content (AvgIpc) is 3.51. The monoisotopic (exact) mass is 390 g/mol. The van der Waals surface area contributed by atoms with E-state index in [-0.39, 0.29) is 11.8 Å². The number of para-hydroxylation sites is 1. The van der Waals surface area contributed by atoms with E-state index in [4.69, 9.17) is 9.52 Å². The molecule has 2 aliphatic rings. The summed E-state index contributed by atoms with van der Waals surface area (Å²) >= 11 is 0. The summed E-state index contributed by atoms with van der Waals surface area (Å²) in [6.45, 7) is 1.98. The highest BCUT2D eigenvalue weighted by Crippen LogP contribution is 2.28. The molecule has 0 atom stereocenters. The Balaban J connectivity index is 1.34. The van der Waals surface area contributed by atoms with Crippen LogP contribution in [-0.4, -0.2) is 57.6 Å². The Hall–Kier alpha value is -3.35. The van der Waals surface area contributed by atoms with Crippen molar-refractivity contribution in [2.75, 3.05) is 26.2 Å². The van der Waals surface area contributed by atoms with Crippen molar-refractivity contribution in [3.63, 3.8) is 0 Å². The van der Waals surface area contributed by atoms with Gasteiger partial charge in [0.25, 0.3) is 11.8 Å². The molecule has 3 heterocycles. The third kappa shape index (κ3) is 3.12. The van der Waals surface area contributed by atoms with Crippen LogP contribution in [0.3, 0.4) is 0 Å². The molecule has 2 amide bonds. The number of fused-ring (bicyclic) bond motifs is 1. The second kappa shape index (κ2) is 7.24. The molecule has 0 bridgehead atoms. The highest BCUT2D eigenvalue weighted by Gasteiger charge is 2.32. The zero-order valence-electron chi connectivity index (χ0n) is 16.1. The SMILES string of the molecule is O=C(c1ccco1)N1CCN(C(=O)c2nn(-c3ccccc3)c3c2CCC3)CC1. The van der Waals surface area contributed by atoms with Crippen molar-refractivity contribution in [1.82, 2.24) is 19.6 Å². The number of furan rings is 1. The molecule has 5 rings (SSSR count). The maximum atomic E-state index is 13.2. The van der Waals surface area contributed by atoms with Gasteiger partial charge in [0, 0.05) is 37.4 Å². The van der Waals surface area contributed by atoms with Crippen LogP contribution in [0.5, 0.6) is 0 Å². The topological polar surface area (TPSA) is 71.6 Å². The molecule has 1 aliphatic carbocycles. The second-order valence-corrected chi connectivity index (χ2v) is 7.44. The minimum Gasteiger partial charge on any atom is -0.459 e. The number of rotatable bonds is 3. The summed E-state index contributed by atoms with van der Waals surface area (Å²) in [5.74, 6) is 0.170. The van der Waals surface area contributed by atoms with Gasteiger partial charge < -0.3 is 14.2 Å². The zero-order valence-corrected chi connectivity index (χ0v) is 16.1. The van der Waals surface area contributed by atoms with Crippen molar-refractivity contribution >= 4 is 11.8 Å². The molecule has 29 heavy (non-hydrogen) atoms. The predicted molar refractivity (Wildman–Crippen MR) is 106 cm³/mol. The van der Waals surface area contributed by atoms with Gasteiger partial charge in [-0.3, -0.25) is 9.59 Å². The summed E-state index contributed by atoms with van der Waals surface area (Å²) in [6, 6.07) is 13.3. The van der Waals surface area contributed by atoms with Crippen LogP contribution in [0.25, 0.3) is 5.69 Å². The minimum absolute atomic E-state index is 0.0390. The third-order valence-corrected chi connectivity index (χ3v) is 5.72. The van der Waals surface area contributed by atoms with Crippen LogP contribution in [0.2, 0.25) is 0 Å². The molecular weight excluding hydrogens is 368 g/mol. The average molecular weight is 390 g/mol. The van der Waals surface area contributed by atoms with Gasteiger partial charge in [-0.15, -0.1) is 0 Å². The summed E-state index contributed by atoms with van der Waals surface area (Å²) in [4.78, 5) is 29.2. The van der Waals surface area contributed by atoms with Crippen molar-refractivity contribution in [3.8, 4) is 5.69 Å². The lowest BCUT2D eigenvalue weighted by Gasteiger charge is -2.34. The normalized spacial score (nSPS) is 16.1. The van der Waals surface area contributed by atoms with Gasteiger partial charge in [0.15, 0.2) is 11.5 Å². The molecule has 1 fully saturated rings. The first-order chi connectivity index (χ1) is 14.2. The molecule has 7 nitrogen and oxygen atoms in total. The lowest BCUT2D eigenvalue weighted by atomic mass is 10.1. The van der Waals surface area contributed by atoms with Crippen LogP contribution in [-0.2, 0) is 12.8 Å². The van der Waals surface area contributed by atoms with Crippen molar-refractivity contribution in [2.24, 2.45) is 0 Å². The molecule has 2 aromatic heterocycles. The van der Waals surface area contributed by atoms with Gasteiger partial charge in [-0.2, -0.15) is 5.10 Å². The number of piperazine rings is 1. The fraction of sp³-hybridized carbons (Fsp3) is 0.318. The van der Waals surface area contributed by atoms with E-state index in [1.165, 1.54) is 6.26 Å². The Kier molecular flexibility index (Phi) is 4.42. The Labute approximate surface area is 168 Å². The number of hydrogen-bond acceptors (Lipinski definition) is 4. The van der Waals surface area contributed by atoms with Crippen LogP contribution < -0.4 is 0 Å². The minimum atomic E-state index is -0.128. The molecule has 1 aromatic carbocycles. The van der Waals surface area contributed by atoms with Gasteiger partial charge in [-0.1, -0.05) is 18.2 Å².